The van der Waals surface area contributed by atoms with Crippen LogP contribution in [0, 0.1) is 0 Å². The molecule has 144 valence electrons. The number of rotatable bonds is 5. The van der Waals surface area contributed by atoms with Gasteiger partial charge in [0.05, 0.1) is 45.2 Å². The first-order valence-electron chi connectivity index (χ1n) is 8.16. The topological polar surface area (TPSA) is 129 Å². The van der Waals surface area contributed by atoms with E-state index in [0.717, 1.165) is 0 Å². The summed E-state index contributed by atoms with van der Waals surface area (Å²) < 4.78 is 21.1. The van der Waals surface area contributed by atoms with Gasteiger partial charge in [0, 0.05) is 12.1 Å². The monoisotopic (exact) mass is 376 g/mol. The van der Waals surface area contributed by atoms with Crippen LogP contribution >= 0.6 is 0 Å². The summed E-state index contributed by atoms with van der Waals surface area (Å²) in [6.07, 6.45) is -0.455. The molecular weight excluding hydrogens is 356 g/mol. The molecular formula is C17H20N4O6. The number of aromatic hydroxyl groups is 1. The first kappa shape index (κ1) is 18.4. The molecule has 10 nitrogen and oxygen atoms in total. The van der Waals surface area contributed by atoms with E-state index in [9.17, 15) is 9.90 Å². The van der Waals surface area contributed by atoms with Crippen molar-refractivity contribution in [1.82, 2.24) is 14.9 Å². The lowest BCUT2D eigenvalue weighted by Gasteiger charge is -2.14. The SMILES string of the molecule is CCOC(=O)N1Cc2nc(N)nc(Oc3cc(O)c(OC)c(OC)c3)c2C1. The van der Waals surface area contributed by atoms with Gasteiger partial charge in [-0.25, -0.2) is 9.78 Å². The van der Waals surface area contributed by atoms with E-state index in [2.05, 4.69) is 9.97 Å². The Labute approximate surface area is 155 Å². The second-order valence-corrected chi connectivity index (χ2v) is 5.65. The molecule has 10 heteroatoms. The minimum atomic E-state index is -0.455. The van der Waals surface area contributed by atoms with Gasteiger partial charge >= 0.3 is 6.09 Å². The molecule has 0 radical (unpaired) electrons. The predicted octanol–water partition coefficient (Wildman–Crippen LogP) is 2.05. The molecule has 0 saturated carbocycles. The van der Waals surface area contributed by atoms with E-state index in [4.69, 9.17) is 24.7 Å². The van der Waals surface area contributed by atoms with Crippen LogP contribution in [0.25, 0.3) is 0 Å². The van der Waals surface area contributed by atoms with Crippen LogP contribution in [0.15, 0.2) is 12.1 Å². The molecule has 0 saturated heterocycles. The van der Waals surface area contributed by atoms with Gasteiger partial charge in [-0.05, 0) is 6.92 Å². The number of carbonyl (C=O) groups is 1. The Bertz CT molecular complexity index is 873. The highest BCUT2D eigenvalue weighted by Gasteiger charge is 2.30. The third kappa shape index (κ3) is 3.59. The molecule has 1 aliphatic rings. The van der Waals surface area contributed by atoms with Gasteiger partial charge in [0.15, 0.2) is 11.5 Å². The van der Waals surface area contributed by atoms with E-state index in [1.54, 1.807) is 13.0 Å². The molecule has 0 bridgehead atoms. The van der Waals surface area contributed by atoms with Crippen LogP contribution in [0.3, 0.4) is 0 Å². The second-order valence-electron chi connectivity index (χ2n) is 5.65. The fourth-order valence-corrected chi connectivity index (χ4v) is 2.76. The summed E-state index contributed by atoms with van der Waals surface area (Å²) in [6.45, 7) is 2.47. The number of hydrogen-bond donors (Lipinski definition) is 2. The number of amides is 1. The number of methoxy groups -OCH3 is 2. The fraction of sp³-hybridized carbons (Fsp3) is 0.353. The molecule has 0 unspecified atom stereocenters. The van der Waals surface area contributed by atoms with Crippen molar-refractivity contribution in [2.75, 3.05) is 26.6 Å². The molecule has 0 spiro atoms. The zero-order chi connectivity index (χ0) is 19.6. The number of phenols is 1. The third-order valence-electron chi connectivity index (χ3n) is 3.94. The average molecular weight is 376 g/mol. The standard InChI is InChI=1S/C17H20N4O6/c1-4-26-17(23)21-7-10-11(8-21)19-16(18)20-15(10)27-9-5-12(22)14(25-3)13(6-9)24-2/h5-6,22H,4,7-8H2,1-3H3,(H2,18,19,20). The number of benzene rings is 1. The van der Waals surface area contributed by atoms with Gasteiger partial charge in [-0.15, -0.1) is 0 Å². The molecule has 2 aromatic rings. The zero-order valence-electron chi connectivity index (χ0n) is 15.2. The number of nitrogen functional groups attached to an aromatic ring is 1. The normalized spacial score (nSPS) is 12.5. The Morgan fingerprint density at radius 1 is 1.26 bits per heavy atom. The minimum absolute atomic E-state index is 0.0131. The first-order chi connectivity index (χ1) is 13.0. The number of fused-ring (bicyclic) bond motifs is 1. The van der Waals surface area contributed by atoms with Crippen molar-refractivity contribution in [3.05, 3.63) is 23.4 Å². The fourth-order valence-electron chi connectivity index (χ4n) is 2.76. The smallest absolute Gasteiger partial charge is 0.410 e. The molecule has 0 aliphatic carbocycles. The van der Waals surface area contributed by atoms with Crippen LogP contribution in [0.5, 0.6) is 28.9 Å². The van der Waals surface area contributed by atoms with Crippen molar-refractivity contribution >= 4 is 12.0 Å². The largest absolute Gasteiger partial charge is 0.504 e. The van der Waals surface area contributed by atoms with E-state index < -0.39 is 6.09 Å². The zero-order valence-corrected chi connectivity index (χ0v) is 15.2. The quantitative estimate of drug-likeness (QED) is 0.805. The Hall–Kier alpha value is -3.43. The summed E-state index contributed by atoms with van der Waals surface area (Å²) in [5.41, 5.74) is 6.96. The van der Waals surface area contributed by atoms with Gasteiger partial charge in [-0.1, -0.05) is 0 Å². The Kier molecular flexibility index (Phi) is 5.06. The summed E-state index contributed by atoms with van der Waals surface area (Å²) in [5, 5.41) is 10.1. The average Bonchev–Trinajstić information content (AvgIpc) is 3.05. The minimum Gasteiger partial charge on any atom is -0.504 e. The molecule has 1 aromatic carbocycles. The van der Waals surface area contributed by atoms with Crippen LogP contribution in [-0.4, -0.2) is 46.9 Å². The van der Waals surface area contributed by atoms with E-state index >= 15 is 0 Å². The Balaban J connectivity index is 1.92. The van der Waals surface area contributed by atoms with Gasteiger partial charge in [0.2, 0.25) is 17.6 Å². The van der Waals surface area contributed by atoms with Gasteiger partial charge < -0.3 is 29.8 Å². The maximum atomic E-state index is 12.0. The Morgan fingerprint density at radius 2 is 2.04 bits per heavy atom. The highest BCUT2D eigenvalue weighted by Crippen LogP contribution is 2.42. The lowest BCUT2D eigenvalue weighted by molar-refractivity contribution is 0.106. The lowest BCUT2D eigenvalue weighted by Crippen LogP contribution is -2.26. The van der Waals surface area contributed by atoms with Gasteiger partial charge in [-0.2, -0.15) is 4.98 Å². The number of phenolic OH excluding ortho intramolecular Hbond substituents is 1. The van der Waals surface area contributed by atoms with E-state index in [0.29, 0.717) is 17.0 Å². The molecule has 3 rings (SSSR count). The molecule has 0 fully saturated rings. The van der Waals surface area contributed by atoms with Crippen molar-refractivity contribution < 1.29 is 28.8 Å². The highest BCUT2D eigenvalue weighted by atomic mass is 16.6. The molecule has 0 atom stereocenters. The summed E-state index contributed by atoms with van der Waals surface area (Å²) in [4.78, 5) is 21.8. The number of hydrogen-bond acceptors (Lipinski definition) is 9. The van der Waals surface area contributed by atoms with Crippen molar-refractivity contribution in [3.8, 4) is 28.9 Å². The Morgan fingerprint density at radius 3 is 2.70 bits per heavy atom. The van der Waals surface area contributed by atoms with E-state index in [1.165, 1.54) is 25.2 Å². The molecule has 2 heterocycles. The summed E-state index contributed by atoms with van der Waals surface area (Å²) >= 11 is 0. The van der Waals surface area contributed by atoms with Gasteiger partial charge in [0.25, 0.3) is 0 Å². The lowest BCUT2D eigenvalue weighted by atomic mass is 10.2. The van der Waals surface area contributed by atoms with E-state index in [1.807, 2.05) is 0 Å². The van der Waals surface area contributed by atoms with Crippen LogP contribution in [-0.2, 0) is 17.8 Å². The molecule has 1 amide bonds. The van der Waals surface area contributed by atoms with Crippen molar-refractivity contribution in [2.24, 2.45) is 0 Å². The van der Waals surface area contributed by atoms with Crippen LogP contribution in [0.1, 0.15) is 18.2 Å². The molecule has 1 aromatic heterocycles. The third-order valence-corrected chi connectivity index (χ3v) is 3.94. The van der Waals surface area contributed by atoms with E-state index in [-0.39, 0.29) is 48.8 Å². The van der Waals surface area contributed by atoms with Crippen molar-refractivity contribution in [2.45, 2.75) is 20.0 Å². The number of carbonyl (C=O) groups excluding carboxylic acids is 1. The highest BCUT2D eigenvalue weighted by molar-refractivity contribution is 5.69. The number of aromatic nitrogens is 2. The van der Waals surface area contributed by atoms with Gasteiger partial charge in [0.1, 0.15) is 5.75 Å². The molecule has 1 aliphatic heterocycles. The first-order valence-corrected chi connectivity index (χ1v) is 8.16. The molecule has 3 N–H and O–H groups in total. The van der Waals surface area contributed by atoms with Crippen molar-refractivity contribution in [1.29, 1.82) is 0 Å². The van der Waals surface area contributed by atoms with Gasteiger partial charge in [-0.3, -0.25) is 4.90 Å². The second kappa shape index (κ2) is 7.44. The summed E-state index contributed by atoms with van der Waals surface area (Å²) in [5.74, 6) is 0.791. The number of ether oxygens (including phenoxy) is 4. The summed E-state index contributed by atoms with van der Waals surface area (Å²) in [7, 11) is 2.86. The van der Waals surface area contributed by atoms with Crippen molar-refractivity contribution in [3.63, 3.8) is 0 Å². The number of anilines is 1. The predicted molar refractivity (Wildman–Crippen MR) is 94.0 cm³/mol. The molecule has 27 heavy (non-hydrogen) atoms. The number of nitrogens with two attached hydrogens (primary N) is 1. The maximum absolute atomic E-state index is 12.0. The van der Waals surface area contributed by atoms with Crippen LogP contribution in [0.4, 0.5) is 10.7 Å². The maximum Gasteiger partial charge on any atom is 0.410 e. The summed E-state index contributed by atoms with van der Waals surface area (Å²) in [6, 6.07) is 2.91. The van der Waals surface area contributed by atoms with Crippen LogP contribution < -0.4 is 19.9 Å². The van der Waals surface area contributed by atoms with Crippen LogP contribution in [0.2, 0.25) is 0 Å². The number of nitrogens with zero attached hydrogens (tertiary/aromatic N) is 3.